The van der Waals surface area contributed by atoms with Gasteiger partial charge in [0.15, 0.2) is 0 Å². The molecule has 0 aliphatic heterocycles. The fourth-order valence-corrected chi connectivity index (χ4v) is 2.79. The van der Waals surface area contributed by atoms with E-state index in [0.717, 1.165) is 0 Å². The van der Waals surface area contributed by atoms with E-state index < -0.39 is 0 Å². The molecule has 0 nitrogen and oxygen atoms in total. The van der Waals surface area contributed by atoms with Crippen molar-refractivity contribution in [2.24, 2.45) is 0 Å². The van der Waals surface area contributed by atoms with Gasteiger partial charge in [-0.2, -0.15) is 0 Å². The largest absolute Gasteiger partial charge is 0.0827 e. The van der Waals surface area contributed by atoms with E-state index in [0.29, 0.717) is 15.5 Å². The topological polar surface area (TPSA) is 0 Å². The summed E-state index contributed by atoms with van der Waals surface area (Å²) in [5, 5.41) is 1.33. The maximum absolute atomic E-state index is 6.06. The van der Waals surface area contributed by atoms with Crippen LogP contribution in [0.15, 0.2) is 18.2 Å². The first-order valence-corrected chi connectivity index (χ1v) is 6.33. The summed E-state index contributed by atoms with van der Waals surface area (Å²) >= 11 is 12.0. The Balaban J connectivity index is 2.31. The van der Waals surface area contributed by atoms with Crippen molar-refractivity contribution in [2.75, 3.05) is 0 Å². The van der Waals surface area contributed by atoms with Crippen molar-refractivity contribution in [3.05, 3.63) is 33.8 Å². The Hall–Kier alpha value is -0.200. The Morgan fingerprint density at radius 1 is 1.00 bits per heavy atom. The zero-order chi connectivity index (χ0) is 10.9. The van der Waals surface area contributed by atoms with Crippen molar-refractivity contribution < 1.29 is 0 Å². The van der Waals surface area contributed by atoms with Crippen LogP contribution in [0, 0.1) is 0 Å². The first kappa shape index (κ1) is 11.3. The molecule has 1 saturated carbocycles. The Kier molecular flexibility index (Phi) is 3.27. The lowest BCUT2D eigenvalue weighted by Crippen LogP contribution is -2.24. The first-order valence-electron chi connectivity index (χ1n) is 5.57. The van der Waals surface area contributed by atoms with Gasteiger partial charge in [0.25, 0.3) is 0 Å². The second kappa shape index (κ2) is 4.35. The lowest BCUT2D eigenvalue weighted by Gasteiger charge is -2.34. The minimum absolute atomic E-state index is 0.312. The Labute approximate surface area is 102 Å². The Morgan fingerprint density at radius 2 is 1.67 bits per heavy atom. The van der Waals surface area contributed by atoms with Gasteiger partial charge in [0.2, 0.25) is 0 Å². The molecule has 0 amide bonds. The summed E-state index contributed by atoms with van der Waals surface area (Å²) in [6.45, 7) is 2.34. The minimum atomic E-state index is 0.312. The van der Waals surface area contributed by atoms with Crippen LogP contribution in [-0.4, -0.2) is 0 Å². The maximum Gasteiger partial charge on any atom is 0.0595 e. The molecule has 1 aliphatic rings. The van der Waals surface area contributed by atoms with Crippen molar-refractivity contribution >= 4 is 23.2 Å². The summed E-state index contributed by atoms with van der Waals surface area (Å²) in [5.41, 5.74) is 1.66. The van der Waals surface area contributed by atoms with E-state index in [-0.39, 0.29) is 0 Å². The fourth-order valence-electron chi connectivity index (χ4n) is 2.49. The summed E-state index contributed by atoms with van der Waals surface area (Å²) < 4.78 is 0. The number of hydrogen-bond donors (Lipinski definition) is 0. The molecule has 82 valence electrons. The van der Waals surface area contributed by atoms with Crippen LogP contribution in [0.4, 0.5) is 0 Å². The SMILES string of the molecule is CC1(c2ccc(Cl)c(Cl)c2)CCCCC1. The average Bonchev–Trinajstić information content (AvgIpc) is 2.23. The molecule has 1 aliphatic carbocycles. The zero-order valence-electron chi connectivity index (χ0n) is 9.02. The van der Waals surface area contributed by atoms with Crippen molar-refractivity contribution in [1.82, 2.24) is 0 Å². The zero-order valence-corrected chi connectivity index (χ0v) is 10.5. The molecule has 0 heterocycles. The van der Waals surface area contributed by atoms with Crippen LogP contribution in [-0.2, 0) is 5.41 Å². The van der Waals surface area contributed by atoms with Gasteiger partial charge in [0.1, 0.15) is 0 Å². The van der Waals surface area contributed by atoms with E-state index >= 15 is 0 Å². The fraction of sp³-hybridized carbons (Fsp3) is 0.538. The number of benzene rings is 1. The van der Waals surface area contributed by atoms with Gasteiger partial charge >= 0.3 is 0 Å². The molecule has 0 aromatic heterocycles. The molecule has 0 N–H and O–H groups in total. The van der Waals surface area contributed by atoms with Gasteiger partial charge in [-0.3, -0.25) is 0 Å². The molecular formula is C13H16Cl2. The Morgan fingerprint density at radius 3 is 2.27 bits per heavy atom. The minimum Gasteiger partial charge on any atom is -0.0827 e. The van der Waals surface area contributed by atoms with Crippen LogP contribution >= 0.6 is 23.2 Å². The van der Waals surface area contributed by atoms with Crippen molar-refractivity contribution in [2.45, 2.75) is 44.4 Å². The van der Waals surface area contributed by atoms with Crippen LogP contribution in [0.3, 0.4) is 0 Å². The lowest BCUT2D eigenvalue weighted by molar-refractivity contribution is 0.319. The molecule has 1 aromatic carbocycles. The monoisotopic (exact) mass is 242 g/mol. The van der Waals surface area contributed by atoms with Crippen molar-refractivity contribution in [3.8, 4) is 0 Å². The second-order valence-corrected chi connectivity index (χ2v) is 5.56. The predicted octanol–water partition coefficient (Wildman–Crippen LogP) is 5.22. The van der Waals surface area contributed by atoms with Crippen LogP contribution < -0.4 is 0 Å². The summed E-state index contributed by atoms with van der Waals surface area (Å²) in [4.78, 5) is 0. The third-order valence-corrected chi connectivity index (χ3v) is 4.31. The highest BCUT2D eigenvalue weighted by atomic mass is 35.5. The van der Waals surface area contributed by atoms with Gasteiger partial charge in [-0.25, -0.2) is 0 Å². The molecule has 0 unspecified atom stereocenters. The molecule has 1 fully saturated rings. The molecule has 15 heavy (non-hydrogen) atoms. The van der Waals surface area contributed by atoms with Crippen LogP contribution in [0.5, 0.6) is 0 Å². The molecule has 0 bridgehead atoms. The van der Waals surface area contributed by atoms with E-state index in [2.05, 4.69) is 13.0 Å². The quantitative estimate of drug-likeness (QED) is 0.634. The van der Waals surface area contributed by atoms with Crippen molar-refractivity contribution in [3.63, 3.8) is 0 Å². The van der Waals surface area contributed by atoms with E-state index in [1.54, 1.807) is 0 Å². The third-order valence-electron chi connectivity index (χ3n) is 3.57. The van der Waals surface area contributed by atoms with Crippen LogP contribution in [0.2, 0.25) is 10.0 Å². The molecule has 0 saturated heterocycles. The number of hydrogen-bond acceptors (Lipinski definition) is 0. The van der Waals surface area contributed by atoms with E-state index in [1.807, 2.05) is 12.1 Å². The van der Waals surface area contributed by atoms with Gasteiger partial charge < -0.3 is 0 Å². The number of rotatable bonds is 1. The number of halogens is 2. The smallest absolute Gasteiger partial charge is 0.0595 e. The summed E-state index contributed by atoms with van der Waals surface area (Å²) in [6, 6.07) is 6.08. The van der Waals surface area contributed by atoms with E-state index in [4.69, 9.17) is 23.2 Å². The molecule has 2 rings (SSSR count). The highest BCUT2D eigenvalue weighted by molar-refractivity contribution is 6.42. The predicted molar refractivity (Wildman–Crippen MR) is 66.9 cm³/mol. The normalized spacial score (nSPS) is 20.2. The van der Waals surface area contributed by atoms with Gasteiger partial charge in [-0.15, -0.1) is 0 Å². The summed E-state index contributed by atoms with van der Waals surface area (Å²) in [6.07, 6.45) is 6.57. The molecule has 2 heteroatoms. The molecule has 1 aromatic rings. The molecule has 0 atom stereocenters. The Bertz CT molecular complexity index is 352. The van der Waals surface area contributed by atoms with Crippen molar-refractivity contribution in [1.29, 1.82) is 0 Å². The highest BCUT2D eigenvalue weighted by Crippen LogP contribution is 2.40. The summed E-state index contributed by atoms with van der Waals surface area (Å²) in [7, 11) is 0. The third kappa shape index (κ3) is 2.32. The van der Waals surface area contributed by atoms with Gasteiger partial charge in [0.05, 0.1) is 10.0 Å². The van der Waals surface area contributed by atoms with E-state index in [9.17, 15) is 0 Å². The standard InChI is InChI=1S/C13H16Cl2/c1-13(7-3-2-4-8-13)10-5-6-11(14)12(15)9-10/h5-6,9H,2-4,7-8H2,1H3. The van der Waals surface area contributed by atoms with Crippen LogP contribution in [0.1, 0.15) is 44.6 Å². The molecule has 0 radical (unpaired) electrons. The van der Waals surface area contributed by atoms with Gasteiger partial charge in [0, 0.05) is 0 Å². The van der Waals surface area contributed by atoms with Gasteiger partial charge in [-0.05, 0) is 36.0 Å². The first-order chi connectivity index (χ1) is 7.12. The van der Waals surface area contributed by atoms with Gasteiger partial charge in [-0.1, -0.05) is 55.5 Å². The molecular weight excluding hydrogens is 227 g/mol. The highest BCUT2D eigenvalue weighted by Gasteiger charge is 2.28. The maximum atomic E-state index is 6.06. The second-order valence-electron chi connectivity index (χ2n) is 4.75. The van der Waals surface area contributed by atoms with E-state index in [1.165, 1.54) is 37.7 Å². The average molecular weight is 243 g/mol. The van der Waals surface area contributed by atoms with Crippen LogP contribution in [0.25, 0.3) is 0 Å². The lowest BCUT2D eigenvalue weighted by atomic mass is 9.71. The summed E-state index contributed by atoms with van der Waals surface area (Å²) in [5.74, 6) is 0. The molecule has 0 spiro atoms.